The zero-order valence-corrected chi connectivity index (χ0v) is 13.3. The van der Waals surface area contributed by atoms with Gasteiger partial charge in [0.15, 0.2) is 9.84 Å². The van der Waals surface area contributed by atoms with Crippen molar-refractivity contribution < 1.29 is 13.2 Å². The number of aromatic nitrogens is 1. The molecule has 1 aliphatic rings. The molecule has 1 amide bonds. The highest BCUT2D eigenvalue weighted by atomic mass is 32.2. The summed E-state index contributed by atoms with van der Waals surface area (Å²) in [6.45, 7) is 2.81. The lowest BCUT2D eigenvalue weighted by Gasteiger charge is -2.25. The van der Waals surface area contributed by atoms with Crippen molar-refractivity contribution in [3.63, 3.8) is 0 Å². The van der Waals surface area contributed by atoms with Crippen molar-refractivity contribution in [2.75, 3.05) is 25.1 Å². The van der Waals surface area contributed by atoms with E-state index < -0.39 is 9.84 Å². The molecule has 1 aliphatic heterocycles. The van der Waals surface area contributed by atoms with Gasteiger partial charge >= 0.3 is 0 Å². The molecule has 8 heteroatoms. The van der Waals surface area contributed by atoms with Crippen molar-refractivity contribution in [3.8, 4) is 0 Å². The summed E-state index contributed by atoms with van der Waals surface area (Å²) in [4.78, 5) is 18.0. The van der Waals surface area contributed by atoms with Gasteiger partial charge in [-0.2, -0.15) is 0 Å². The van der Waals surface area contributed by atoms with Crippen LogP contribution in [0.25, 0.3) is 0 Å². The number of nitrogens with zero attached hydrogens (tertiary/aromatic N) is 2. The highest BCUT2D eigenvalue weighted by Crippen LogP contribution is 2.12. The van der Waals surface area contributed by atoms with E-state index in [1.54, 1.807) is 23.3 Å². The van der Waals surface area contributed by atoms with Gasteiger partial charge in [-0.1, -0.05) is 0 Å². The molecule has 1 saturated heterocycles. The highest BCUT2D eigenvalue weighted by Gasteiger charge is 2.27. The van der Waals surface area contributed by atoms with Crippen LogP contribution in [0.4, 0.5) is 0 Å². The lowest BCUT2D eigenvalue weighted by atomic mass is 10.2. The van der Waals surface area contributed by atoms with E-state index in [4.69, 9.17) is 0 Å². The Morgan fingerprint density at radius 1 is 1.60 bits per heavy atom. The molecule has 1 aromatic heterocycles. The Balaban J connectivity index is 1.87. The number of thiazole rings is 1. The van der Waals surface area contributed by atoms with E-state index >= 15 is 0 Å². The Kier molecular flexibility index (Phi) is 4.77. The minimum absolute atomic E-state index is 0.0440. The average molecular weight is 317 g/mol. The van der Waals surface area contributed by atoms with Crippen LogP contribution < -0.4 is 5.32 Å². The third-order valence-electron chi connectivity index (χ3n) is 3.21. The molecular formula is C12H19N3O3S2. The van der Waals surface area contributed by atoms with Gasteiger partial charge in [-0.25, -0.2) is 13.4 Å². The Hall–Kier alpha value is -0.990. The zero-order chi connectivity index (χ0) is 14.8. The van der Waals surface area contributed by atoms with Gasteiger partial charge in [-0.05, 0) is 6.92 Å². The van der Waals surface area contributed by atoms with E-state index in [1.807, 2.05) is 12.3 Å². The van der Waals surface area contributed by atoms with E-state index in [1.165, 1.54) is 0 Å². The number of sulfone groups is 1. The van der Waals surface area contributed by atoms with Crippen molar-refractivity contribution in [2.45, 2.75) is 25.9 Å². The quantitative estimate of drug-likeness (QED) is 0.857. The van der Waals surface area contributed by atoms with Crippen LogP contribution in [0.2, 0.25) is 0 Å². The molecule has 0 radical (unpaired) electrons. The van der Waals surface area contributed by atoms with Crippen LogP contribution in [0.3, 0.4) is 0 Å². The van der Waals surface area contributed by atoms with Crippen molar-refractivity contribution in [1.82, 2.24) is 15.2 Å². The maximum Gasteiger partial charge on any atom is 0.224 e. The van der Waals surface area contributed by atoms with Gasteiger partial charge in [0.05, 0.1) is 28.8 Å². The zero-order valence-electron chi connectivity index (χ0n) is 11.6. The van der Waals surface area contributed by atoms with Gasteiger partial charge in [-0.3, -0.25) is 4.79 Å². The first kappa shape index (κ1) is 15.4. The number of hydrogen-bond donors (Lipinski definition) is 1. The molecule has 20 heavy (non-hydrogen) atoms. The van der Waals surface area contributed by atoms with Crippen LogP contribution >= 0.6 is 11.3 Å². The molecule has 0 bridgehead atoms. The average Bonchev–Trinajstić information content (AvgIpc) is 2.73. The van der Waals surface area contributed by atoms with Gasteiger partial charge in [0.2, 0.25) is 5.91 Å². The topological polar surface area (TPSA) is 79.4 Å². The van der Waals surface area contributed by atoms with Crippen molar-refractivity contribution in [2.24, 2.45) is 0 Å². The van der Waals surface area contributed by atoms with Crippen molar-refractivity contribution in [1.29, 1.82) is 0 Å². The summed E-state index contributed by atoms with van der Waals surface area (Å²) in [5.74, 6) is 0.138. The molecule has 1 unspecified atom stereocenters. The molecule has 1 N–H and O–H groups in total. The summed E-state index contributed by atoms with van der Waals surface area (Å²) < 4.78 is 23.1. The molecule has 0 saturated carbocycles. The first-order valence-electron chi connectivity index (χ1n) is 6.44. The molecule has 2 rings (SSSR count). The van der Waals surface area contributed by atoms with Gasteiger partial charge in [0.1, 0.15) is 0 Å². The second kappa shape index (κ2) is 6.19. The number of amides is 1. The van der Waals surface area contributed by atoms with Gasteiger partial charge in [-0.15, -0.1) is 11.3 Å². The number of rotatable bonds is 4. The molecule has 112 valence electrons. The minimum Gasteiger partial charge on any atom is -0.340 e. The van der Waals surface area contributed by atoms with E-state index in [2.05, 4.69) is 10.3 Å². The van der Waals surface area contributed by atoms with Gasteiger partial charge < -0.3 is 10.2 Å². The summed E-state index contributed by atoms with van der Waals surface area (Å²) >= 11 is 1.55. The summed E-state index contributed by atoms with van der Waals surface area (Å²) in [5, 5.41) is 5.99. The van der Waals surface area contributed by atoms with Crippen molar-refractivity contribution >= 4 is 27.1 Å². The fourth-order valence-corrected chi connectivity index (χ4v) is 4.23. The first-order valence-corrected chi connectivity index (χ1v) is 9.14. The normalized spacial score (nSPS) is 21.6. The molecule has 6 nitrogen and oxygen atoms in total. The van der Waals surface area contributed by atoms with Crippen LogP contribution in [-0.4, -0.2) is 55.3 Å². The maximum absolute atomic E-state index is 12.1. The molecule has 1 aromatic rings. The number of carbonyl (C=O) groups excluding carboxylic acids is 1. The van der Waals surface area contributed by atoms with Crippen LogP contribution in [-0.2, 0) is 21.2 Å². The summed E-state index contributed by atoms with van der Waals surface area (Å²) in [6.07, 6.45) is 0.207. The SMILES string of the molecule is Cc1nc(CN(C)C(=O)CC2CS(=O)(=O)CCN2)cs1. The standard InChI is InChI=1S/C12H19N3O3S2/c1-9-14-11(7-19-9)6-15(2)12(16)5-10-8-20(17,18)4-3-13-10/h7,10,13H,3-6,8H2,1-2H3. The lowest BCUT2D eigenvalue weighted by molar-refractivity contribution is -0.130. The molecule has 0 aromatic carbocycles. The number of hydrogen-bond acceptors (Lipinski definition) is 6. The Bertz CT molecular complexity index is 583. The highest BCUT2D eigenvalue weighted by molar-refractivity contribution is 7.91. The number of nitrogens with one attached hydrogen (secondary N) is 1. The fourth-order valence-electron chi connectivity index (χ4n) is 2.18. The molecular weight excluding hydrogens is 298 g/mol. The molecule has 2 heterocycles. The minimum atomic E-state index is -3.00. The number of carbonyl (C=O) groups is 1. The second-order valence-corrected chi connectivity index (χ2v) is 8.37. The third-order valence-corrected chi connectivity index (χ3v) is 5.77. The summed E-state index contributed by atoms with van der Waals surface area (Å²) in [6, 6.07) is -0.277. The second-order valence-electron chi connectivity index (χ2n) is 5.08. The van der Waals surface area contributed by atoms with E-state index in [0.717, 1.165) is 10.7 Å². The monoisotopic (exact) mass is 317 g/mol. The van der Waals surface area contributed by atoms with Crippen molar-refractivity contribution in [3.05, 3.63) is 16.1 Å². The summed E-state index contributed by atoms with van der Waals surface area (Å²) in [7, 11) is -1.29. The fraction of sp³-hybridized carbons (Fsp3) is 0.667. The predicted molar refractivity (Wildman–Crippen MR) is 78.4 cm³/mol. The molecule has 1 fully saturated rings. The Labute approximate surface area is 123 Å². The summed E-state index contributed by atoms with van der Waals surface area (Å²) in [5.41, 5.74) is 0.868. The van der Waals surface area contributed by atoms with E-state index in [-0.39, 0.29) is 29.9 Å². The first-order chi connectivity index (χ1) is 9.35. The van der Waals surface area contributed by atoms with Crippen LogP contribution in [0.1, 0.15) is 17.1 Å². The van der Waals surface area contributed by atoms with Gasteiger partial charge in [0, 0.05) is 31.4 Å². The number of aryl methyl sites for hydroxylation is 1. The van der Waals surface area contributed by atoms with Gasteiger partial charge in [0.25, 0.3) is 0 Å². The smallest absolute Gasteiger partial charge is 0.224 e. The predicted octanol–water partition coefficient (Wildman–Crippen LogP) is 0.187. The molecule has 0 aliphatic carbocycles. The van der Waals surface area contributed by atoms with Crippen LogP contribution in [0.5, 0.6) is 0 Å². The lowest BCUT2D eigenvalue weighted by Crippen LogP contribution is -2.47. The largest absolute Gasteiger partial charge is 0.340 e. The van der Waals surface area contributed by atoms with E-state index in [9.17, 15) is 13.2 Å². The van der Waals surface area contributed by atoms with Crippen LogP contribution in [0.15, 0.2) is 5.38 Å². The van der Waals surface area contributed by atoms with E-state index in [0.29, 0.717) is 13.1 Å². The maximum atomic E-state index is 12.1. The molecule has 1 atom stereocenters. The molecule has 0 spiro atoms. The van der Waals surface area contributed by atoms with Crippen LogP contribution in [0, 0.1) is 6.92 Å². The third kappa shape index (κ3) is 4.26. The Morgan fingerprint density at radius 2 is 2.35 bits per heavy atom. The Morgan fingerprint density at radius 3 is 2.95 bits per heavy atom.